The summed E-state index contributed by atoms with van der Waals surface area (Å²) in [6, 6.07) is 8.84. The third kappa shape index (κ3) is 5.94. The number of amides is 1. The third-order valence-corrected chi connectivity index (χ3v) is 6.04. The highest BCUT2D eigenvalue weighted by molar-refractivity contribution is 5.80. The van der Waals surface area contributed by atoms with Crippen LogP contribution in [0.5, 0.6) is 5.75 Å². The number of nitrogens with zero attached hydrogens (tertiary/aromatic N) is 1. The van der Waals surface area contributed by atoms with Crippen molar-refractivity contribution in [3.05, 3.63) is 29.8 Å². The summed E-state index contributed by atoms with van der Waals surface area (Å²) in [5.74, 6) is 0.456. The minimum absolute atomic E-state index is 0.0856. The van der Waals surface area contributed by atoms with Gasteiger partial charge in [-0.15, -0.1) is 0 Å². The van der Waals surface area contributed by atoms with Crippen LogP contribution in [0.4, 0.5) is 0 Å². The largest absolute Gasteiger partial charge is 0.481 e. The Kier molecular flexibility index (Phi) is 7.91. The van der Waals surface area contributed by atoms with Gasteiger partial charge in [-0.3, -0.25) is 4.79 Å². The lowest BCUT2D eigenvalue weighted by atomic mass is 9.75. The first-order chi connectivity index (χ1) is 14.1. The molecule has 3 rings (SSSR count). The summed E-state index contributed by atoms with van der Waals surface area (Å²) in [5, 5.41) is 11.8. The van der Waals surface area contributed by atoms with E-state index in [1.54, 1.807) is 31.2 Å². The molecule has 1 aliphatic carbocycles. The molecule has 0 aromatic heterocycles. The number of nitriles is 1. The highest BCUT2D eigenvalue weighted by atomic mass is 16.7. The monoisotopic (exact) mass is 400 g/mol. The van der Waals surface area contributed by atoms with Crippen molar-refractivity contribution in [3.63, 3.8) is 0 Å². The number of nitrogens with one attached hydrogen (secondary N) is 1. The van der Waals surface area contributed by atoms with Gasteiger partial charge in [0.15, 0.2) is 12.4 Å². The van der Waals surface area contributed by atoms with Crippen LogP contribution in [0.15, 0.2) is 24.3 Å². The lowest BCUT2D eigenvalue weighted by Gasteiger charge is -2.37. The maximum atomic E-state index is 12.4. The van der Waals surface area contributed by atoms with Gasteiger partial charge >= 0.3 is 0 Å². The highest BCUT2D eigenvalue weighted by Crippen LogP contribution is 2.44. The van der Waals surface area contributed by atoms with Gasteiger partial charge in [-0.05, 0) is 56.9 Å². The summed E-state index contributed by atoms with van der Waals surface area (Å²) < 4.78 is 17.5. The molecule has 0 radical (unpaired) electrons. The van der Waals surface area contributed by atoms with Crippen LogP contribution in [0.2, 0.25) is 0 Å². The van der Waals surface area contributed by atoms with Crippen LogP contribution in [0.3, 0.4) is 0 Å². The fourth-order valence-corrected chi connectivity index (χ4v) is 4.41. The van der Waals surface area contributed by atoms with E-state index in [1.807, 2.05) is 0 Å². The SMILES string of the molecule is CC(Oc1ccc(C#N)cc1)C(=O)NCCCC1(C2OCCO2)CCCCCC1. The molecule has 1 saturated heterocycles. The Morgan fingerprint density at radius 1 is 1.21 bits per heavy atom. The van der Waals surface area contributed by atoms with Crippen molar-refractivity contribution >= 4 is 5.91 Å². The fraction of sp³-hybridized carbons (Fsp3) is 0.652. The van der Waals surface area contributed by atoms with Crippen molar-refractivity contribution in [1.29, 1.82) is 5.26 Å². The highest BCUT2D eigenvalue weighted by Gasteiger charge is 2.42. The van der Waals surface area contributed by atoms with Gasteiger partial charge in [-0.1, -0.05) is 25.7 Å². The number of ether oxygens (including phenoxy) is 3. The van der Waals surface area contributed by atoms with Gasteiger partial charge in [0.2, 0.25) is 0 Å². The third-order valence-electron chi connectivity index (χ3n) is 6.04. The topological polar surface area (TPSA) is 80.6 Å². The molecule has 1 unspecified atom stereocenters. The maximum Gasteiger partial charge on any atom is 0.260 e. The summed E-state index contributed by atoms with van der Waals surface area (Å²) >= 11 is 0. The summed E-state index contributed by atoms with van der Waals surface area (Å²) in [6.07, 6.45) is 8.54. The lowest BCUT2D eigenvalue weighted by Crippen LogP contribution is -2.39. The Morgan fingerprint density at radius 2 is 1.86 bits per heavy atom. The van der Waals surface area contributed by atoms with E-state index in [0.29, 0.717) is 31.1 Å². The summed E-state index contributed by atoms with van der Waals surface area (Å²) in [7, 11) is 0. The van der Waals surface area contributed by atoms with Crippen LogP contribution in [-0.2, 0) is 14.3 Å². The zero-order valence-electron chi connectivity index (χ0n) is 17.3. The van der Waals surface area contributed by atoms with Crippen molar-refractivity contribution in [2.75, 3.05) is 19.8 Å². The normalized spacial score (nSPS) is 20.4. The number of carbonyl (C=O) groups is 1. The average molecular weight is 401 g/mol. The second kappa shape index (κ2) is 10.6. The zero-order valence-corrected chi connectivity index (χ0v) is 17.3. The molecule has 0 bridgehead atoms. The first-order valence-corrected chi connectivity index (χ1v) is 10.8. The number of carbonyl (C=O) groups excluding carboxylic acids is 1. The zero-order chi connectivity index (χ0) is 20.5. The molecule has 1 heterocycles. The van der Waals surface area contributed by atoms with Crippen LogP contribution in [-0.4, -0.2) is 38.1 Å². The quantitative estimate of drug-likeness (QED) is 0.528. The van der Waals surface area contributed by atoms with Gasteiger partial charge in [0.1, 0.15) is 5.75 Å². The Balaban J connectivity index is 1.44. The number of hydrogen-bond acceptors (Lipinski definition) is 5. The van der Waals surface area contributed by atoms with Gasteiger partial charge in [0.25, 0.3) is 5.91 Å². The van der Waals surface area contributed by atoms with Crippen molar-refractivity contribution < 1.29 is 19.0 Å². The molecule has 1 aromatic carbocycles. The number of rotatable bonds is 8. The molecular weight excluding hydrogens is 368 g/mol. The van der Waals surface area contributed by atoms with E-state index < -0.39 is 6.10 Å². The molecule has 1 aliphatic heterocycles. The maximum absolute atomic E-state index is 12.4. The van der Waals surface area contributed by atoms with Gasteiger partial charge in [-0.25, -0.2) is 0 Å². The number of hydrogen-bond donors (Lipinski definition) is 1. The lowest BCUT2D eigenvalue weighted by molar-refractivity contribution is -0.143. The van der Waals surface area contributed by atoms with Crippen LogP contribution in [0.25, 0.3) is 0 Å². The molecule has 1 saturated carbocycles. The molecule has 1 amide bonds. The Hall–Kier alpha value is -2.10. The standard InChI is InChI=1S/C23H32N2O4/c1-18(29-20-9-7-19(17-24)8-10-20)21(26)25-14-6-13-23(22-27-15-16-28-22)11-4-2-3-5-12-23/h7-10,18,22H,2-6,11-16H2,1H3,(H,25,26). The number of benzene rings is 1. The smallest absolute Gasteiger partial charge is 0.260 e. The van der Waals surface area contributed by atoms with Crippen LogP contribution in [0.1, 0.15) is 63.9 Å². The molecular formula is C23H32N2O4. The predicted molar refractivity (Wildman–Crippen MR) is 109 cm³/mol. The summed E-state index contributed by atoms with van der Waals surface area (Å²) in [4.78, 5) is 12.4. The van der Waals surface area contributed by atoms with E-state index in [1.165, 1.54) is 25.7 Å². The Bertz CT molecular complexity index is 684. The molecule has 1 aromatic rings. The van der Waals surface area contributed by atoms with Crippen molar-refractivity contribution in [3.8, 4) is 11.8 Å². The molecule has 158 valence electrons. The molecule has 1 atom stereocenters. The van der Waals surface area contributed by atoms with Gasteiger partial charge in [0, 0.05) is 12.0 Å². The summed E-state index contributed by atoms with van der Waals surface area (Å²) in [5.41, 5.74) is 0.652. The van der Waals surface area contributed by atoms with Gasteiger partial charge in [0.05, 0.1) is 24.8 Å². The fourth-order valence-electron chi connectivity index (χ4n) is 4.41. The van der Waals surface area contributed by atoms with Crippen molar-refractivity contribution in [2.24, 2.45) is 5.41 Å². The molecule has 0 spiro atoms. The minimum atomic E-state index is -0.587. The molecule has 1 N–H and O–H groups in total. The van der Waals surface area contributed by atoms with Crippen LogP contribution < -0.4 is 10.1 Å². The second-order valence-electron chi connectivity index (χ2n) is 8.14. The van der Waals surface area contributed by atoms with E-state index >= 15 is 0 Å². The van der Waals surface area contributed by atoms with E-state index in [0.717, 1.165) is 25.7 Å². The first kappa shape index (κ1) is 21.6. The van der Waals surface area contributed by atoms with E-state index in [-0.39, 0.29) is 17.6 Å². The van der Waals surface area contributed by atoms with Gasteiger partial charge < -0.3 is 19.5 Å². The molecule has 6 heteroatoms. The van der Waals surface area contributed by atoms with E-state index in [9.17, 15) is 4.79 Å². The molecule has 2 fully saturated rings. The first-order valence-electron chi connectivity index (χ1n) is 10.8. The predicted octanol–water partition coefficient (Wildman–Crippen LogP) is 3.94. The second-order valence-corrected chi connectivity index (χ2v) is 8.14. The summed E-state index contributed by atoms with van der Waals surface area (Å²) in [6.45, 7) is 3.73. The van der Waals surface area contributed by atoms with Crippen molar-refractivity contribution in [1.82, 2.24) is 5.32 Å². The van der Waals surface area contributed by atoms with E-state index in [4.69, 9.17) is 19.5 Å². The van der Waals surface area contributed by atoms with Crippen LogP contribution in [0, 0.1) is 16.7 Å². The average Bonchev–Trinajstić information content (AvgIpc) is 3.19. The molecule has 29 heavy (non-hydrogen) atoms. The molecule has 2 aliphatic rings. The Labute approximate surface area is 173 Å². The van der Waals surface area contributed by atoms with Crippen LogP contribution >= 0.6 is 0 Å². The Morgan fingerprint density at radius 3 is 2.48 bits per heavy atom. The minimum Gasteiger partial charge on any atom is -0.481 e. The van der Waals surface area contributed by atoms with Crippen molar-refractivity contribution in [2.45, 2.75) is 70.7 Å². The van der Waals surface area contributed by atoms with E-state index in [2.05, 4.69) is 11.4 Å². The van der Waals surface area contributed by atoms with Gasteiger partial charge in [-0.2, -0.15) is 5.26 Å². The molecule has 6 nitrogen and oxygen atoms in total.